The van der Waals surface area contributed by atoms with Gasteiger partial charge in [0.1, 0.15) is 11.2 Å². The van der Waals surface area contributed by atoms with Gasteiger partial charge in [0.05, 0.1) is 11.7 Å². The fraction of sp³-hybridized carbons (Fsp3) is 0.680. The van der Waals surface area contributed by atoms with Gasteiger partial charge in [-0.1, -0.05) is 26.0 Å². The molecule has 178 valence electrons. The van der Waals surface area contributed by atoms with Gasteiger partial charge in [0.2, 0.25) is 0 Å². The molecule has 6 rings (SSSR count). The summed E-state index contributed by atoms with van der Waals surface area (Å²) in [6.45, 7) is 12.1. The van der Waals surface area contributed by atoms with Gasteiger partial charge in [0.15, 0.2) is 5.75 Å². The number of benzene rings is 1. The minimum atomic E-state index is -1.15. The van der Waals surface area contributed by atoms with Gasteiger partial charge < -0.3 is 23.9 Å². The van der Waals surface area contributed by atoms with Crippen molar-refractivity contribution in [1.29, 1.82) is 0 Å². The summed E-state index contributed by atoms with van der Waals surface area (Å²) >= 11 is 0. The van der Waals surface area contributed by atoms with Crippen molar-refractivity contribution in [2.75, 3.05) is 0 Å². The van der Waals surface area contributed by atoms with Crippen LogP contribution in [-0.4, -0.2) is 41.7 Å². The fourth-order valence-electron chi connectivity index (χ4n) is 6.44. The molecular formula is C25H33BO7. The number of para-hydroxylation sites is 1. The summed E-state index contributed by atoms with van der Waals surface area (Å²) in [6.07, 6.45) is 2.19. The summed E-state index contributed by atoms with van der Waals surface area (Å²) in [4.78, 5) is 24.2. The summed E-state index contributed by atoms with van der Waals surface area (Å²) in [5, 5.41) is 9.69. The van der Waals surface area contributed by atoms with E-state index in [9.17, 15) is 14.7 Å². The smallest absolute Gasteiger partial charge is 0.478 e. The van der Waals surface area contributed by atoms with Crippen molar-refractivity contribution in [2.45, 2.75) is 89.8 Å². The number of carbonyl (C=O) groups is 2. The van der Waals surface area contributed by atoms with E-state index in [0.29, 0.717) is 17.4 Å². The van der Waals surface area contributed by atoms with E-state index in [1.807, 2.05) is 6.07 Å². The maximum Gasteiger partial charge on any atom is 0.514 e. The van der Waals surface area contributed by atoms with Gasteiger partial charge in [0.25, 0.3) is 0 Å². The normalized spacial score (nSPS) is 35.9. The highest BCUT2D eigenvalue weighted by molar-refractivity contribution is 6.49. The van der Waals surface area contributed by atoms with E-state index in [-0.39, 0.29) is 47.3 Å². The molecule has 1 aromatic rings. The molecule has 1 saturated heterocycles. The highest BCUT2D eigenvalue weighted by atomic mass is 16.7. The Morgan fingerprint density at radius 1 is 1.15 bits per heavy atom. The molecule has 0 amide bonds. The predicted molar refractivity (Wildman–Crippen MR) is 121 cm³/mol. The maximum atomic E-state index is 12.4. The van der Waals surface area contributed by atoms with Crippen molar-refractivity contribution < 1.29 is 33.5 Å². The molecule has 5 aliphatic rings. The quantitative estimate of drug-likeness (QED) is 0.374. The van der Waals surface area contributed by atoms with E-state index in [4.69, 9.17) is 18.8 Å². The first-order valence-electron chi connectivity index (χ1n) is 11.9. The van der Waals surface area contributed by atoms with E-state index < -0.39 is 17.7 Å². The summed E-state index contributed by atoms with van der Waals surface area (Å²) in [6, 6.07) is 4.95. The molecule has 8 heteroatoms. The summed E-state index contributed by atoms with van der Waals surface area (Å²) in [5.74, 6) is 0.158. The van der Waals surface area contributed by atoms with Crippen LogP contribution in [-0.2, 0) is 14.0 Å². The lowest BCUT2D eigenvalue weighted by Crippen LogP contribution is -2.65. The lowest BCUT2D eigenvalue weighted by atomic mass is 9.43. The number of carboxylic acid groups (broad SMARTS) is 1. The maximum absolute atomic E-state index is 12.4. The van der Waals surface area contributed by atoms with E-state index in [2.05, 4.69) is 20.8 Å². The average molecular weight is 456 g/mol. The van der Waals surface area contributed by atoms with Crippen molar-refractivity contribution in [3.63, 3.8) is 0 Å². The van der Waals surface area contributed by atoms with Gasteiger partial charge in [-0.2, -0.15) is 0 Å². The van der Waals surface area contributed by atoms with Crippen molar-refractivity contribution in [2.24, 2.45) is 17.3 Å². The van der Waals surface area contributed by atoms with E-state index in [0.717, 1.165) is 12.8 Å². The van der Waals surface area contributed by atoms with Crippen LogP contribution < -0.4 is 4.74 Å². The van der Waals surface area contributed by atoms with E-state index >= 15 is 0 Å². The number of ether oxygens (including phenoxy) is 2. The standard InChI is InChI=1S/C25H33BO7/c1-23(2,3)31-22(29)30-20-14(8-7-9-15(20)21(27)28)16-12-17(16)26-32-19-11-13-10-18(24(13,4)5)25(19,6)33-26/h7-9,13,16-19H,10-12H2,1-6H3,(H,27,28)/t13-,16?,17?,18-,19?,25-/m0/s1. The Morgan fingerprint density at radius 3 is 2.52 bits per heavy atom. The first kappa shape index (κ1) is 22.7. The molecule has 3 unspecified atom stereocenters. The molecule has 4 saturated carbocycles. The lowest BCUT2D eigenvalue weighted by molar-refractivity contribution is -0.199. The van der Waals surface area contributed by atoms with Gasteiger partial charge in [0, 0.05) is 5.82 Å². The fourth-order valence-corrected chi connectivity index (χ4v) is 6.44. The summed E-state index contributed by atoms with van der Waals surface area (Å²) in [7, 11) is -0.331. The zero-order valence-electron chi connectivity index (χ0n) is 20.2. The molecule has 4 aliphatic carbocycles. The second-order valence-corrected chi connectivity index (χ2v) is 11.9. The molecule has 1 N–H and O–H groups in total. The molecule has 0 spiro atoms. The van der Waals surface area contributed by atoms with Crippen LogP contribution in [0.5, 0.6) is 5.75 Å². The highest BCUT2D eigenvalue weighted by Gasteiger charge is 2.70. The molecule has 7 nitrogen and oxygen atoms in total. The number of aromatic carboxylic acids is 1. The van der Waals surface area contributed by atoms with Gasteiger partial charge in [-0.05, 0) is 81.8 Å². The Kier molecular flexibility index (Phi) is 4.97. The molecule has 1 heterocycles. The Balaban J connectivity index is 1.36. The molecule has 1 aromatic carbocycles. The van der Waals surface area contributed by atoms with Crippen LogP contribution in [0, 0.1) is 17.3 Å². The summed E-state index contributed by atoms with van der Waals surface area (Å²) < 4.78 is 23.8. The SMILES string of the molecule is CC(C)(C)OC(=O)Oc1c(C(=O)O)cccc1C1CC1B1OC2C[C@@H]3C[C@@H](C3(C)C)[C@]2(C)O1. The van der Waals surface area contributed by atoms with Gasteiger partial charge in [-0.15, -0.1) is 0 Å². The molecule has 33 heavy (non-hydrogen) atoms. The topological polar surface area (TPSA) is 91.3 Å². The third-order valence-corrected chi connectivity index (χ3v) is 8.41. The van der Waals surface area contributed by atoms with Crippen LogP contribution in [0.25, 0.3) is 0 Å². The van der Waals surface area contributed by atoms with Gasteiger partial charge in [-0.25, -0.2) is 9.59 Å². The van der Waals surface area contributed by atoms with E-state index in [1.54, 1.807) is 26.8 Å². The number of carbonyl (C=O) groups excluding carboxylic acids is 1. The Labute approximate surface area is 195 Å². The molecular weight excluding hydrogens is 423 g/mol. The van der Waals surface area contributed by atoms with Crippen molar-refractivity contribution in [1.82, 2.24) is 0 Å². The van der Waals surface area contributed by atoms with Crippen molar-refractivity contribution >= 4 is 19.2 Å². The average Bonchev–Trinajstić information content (AvgIpc) is 3.39. The van der Waals surface area contributed by atoms with Gasteiger partial charge in [-0.3, -0.25) is 0 Å². The number of carboxylic acids is 1. The first-order valence-corrected chi connectivity index (χ1v) is 11.9. The third kappa shape index (κ3) is 3.66. The Bertz CT molecular complexity index is 999. The van der Waals surface area contributed by atoms with E-state index in [1.165, 1.54) is 12.5 Å². The molecule has 0 aromatic heterocycles. The zero-order valence-corrected chi connectivity index (χ0v) is 20.2. The molecule has 6 atom stereocenters. The summed E-state index contributed by atoms with van der Waals surface area (Å²) in [5.41, 5.74) is -0.127. The molecule has 2 bridgehead atoms. The predicted octanol–water partition coefficient (Wildman–Crippen LogP) is 5.28. The van der Waals surface area contributed by atoms with Crippen LogP contribution in [0.3, 0.4) is 0 Å². The van der Waals surface area contributed by atoms with Crippen LogP contribution in [0.15, 0.2) is 18.2 Å². The second kappa shape index (κ2) is 7.22. The van der Waals surface area contributed by atoms with Crippen molar-refractivity contribution in [3.8, 4) is 5.75 Å². The Hall–Kier alpha value is -2.06. The Morgan fingerprint density at radius 2 is 1.88 bits per heavy atom. The van der Waals surface area contributed by atoms with Crippen molar-refractivity contribution in [3.05, 3.63) is 29.3 Å². The van der Waals surface area contributed by atoms with Gasteiger partial charge >= 0.3 is 19.2 Å². The minimum Gasteiger partial charge on any atom is -0.478 e. The molecule has 1 aliphatic heterocycles. The second-order valence-electron chi connectivity index (χ2n) is 11.9. The number of hydrogen-bond donors (Lipinski definition) is 1. The zero-order chi connectivity index (χ0) is 23.9. The van der Waals surface area contributed by atoms with Crippen LogP contribution in [0.2, 0.25) is 5.82 Å². The number of hydrogen-bond acceptors (Lipinski definition) is 6. The molecule has 5 fully saturated rings. The monoisotopic (exact) mass is 456 g/mol. The van der Waals surface area contributed by atoms with Crippen LogP contribution in [0.1, 0.15) is 82.6 Å². The lowest BCUT2D eigenvalue weighted by Gasteiger charge is -2.64. The largest absolute Gasteiger partial charge is 0.514 e. The third-order valence-electron chi connectivity index (χ3n) is 8.41. The highest BCUT2D eigenvalue weighted by Crippen LogP contribution is 2.68. The first-order chi connectivity index (χ1) is 15.3. The van der Waals surface area contributed by atoms with Crippen LogP contribution in [0.4, 0.5) is 4.79 Å². The molecule has 0 radical (unpaired) electrons. The minimum absolute atomic E-state index is 0.00139. The van der Waals surface area contributed by atoms with Crippen LogP contribution >= 0.6 is 0 Å². The number of rotatable bonds is 4.